The van der Waals surface area contributed by atoms with Crippen molar-refractivity contribution in [3.8, 4) is 0 Å². The predicted molar refractivity (Wildman–Crippen MR) is 68.4 cm³/mol. The average molecular weight is 304 g/mol. The van der Waals surface area contributed by atoms with E-state index >= 15 is 0 Å². The van der Waals surface area contributed by atoms with Crippen molar-refractivity contribution in [2.24, 2.45) is 11.3 Å². The predicted octanol–water partition coefficient (Wildman–Crippen LogP) is 3.42. The maximum Gasteiger partial charge on any atom is 0.443 e. The molecule has 0 N–H and O–H groups in total. The lowest BCUT2D eigenvalue weighted by Crippen LogP contribution is -2.64. The van der Waals surface area contributed by atoms with Gasteiger partial charge in [0.1, 0.15) is 5.69 Å². The molecular formula is C13H15F3N2OS. The fourth-order valence-electron chi connectivity index (χ4n) is 3.09. The van der Waals surface area contributed by atoms with Gasteiger partial charge in [0.2, 0.25) is 0 Å². The van der Waals surface area contributed by atoms with E-state index in [-0.39, 0.29) is 23.1 Å². The molecule has 3 rings (SSSR count). The van der Waals surface area contributed by atoms with E-state index in [4.69, 9.17) is 0 Å². The number of likely N-dealkylation sites (tertiary alicyclic amines) is 1. The molecule has 1 saturated carbocycles. The summed E-state index contributed by atoms with van der Waals surface area (Å²) in [6, 6.07) is 0.144. The zero-order valence-corrected chi connectivity index (χ0v) is 12.0. The summed E-state index contributed by atoms with van der Waals surface area (Å²) in [6.45, 7) is 4.79. The van der Waals surface area contributed by atoms with E-state index < -0.39 is 11.2 Å². The number of hydrogen-bond acceptors (Lipinski definition) is 3. The van der Waals surface area contributed by atoms with Gasteiger partial charge in [0.05, 0.1) is 0 Å². The Bertz CT molecular complexity index is 548. The van der Waals surface area contributed by atoms with Crippen LogP contribution in [0.3, 0.4) is 0 Å². The van der Waals surface area contributed by atoms with E-state index in [1.165, 1.54) is 5.38 Å². The number of alkyl halides is 3. The Kier molecular flexibility index (Phi) is 2.90. The van der Waals surface area contributed by atoms with Gasteiger partial charge >= 0.3 is 6.18 Å². The highest BCUT2D eigenvalue weighted by Gasteiger charge is 2.55. The fourth-order valence-corrected chi connectivity index (χ4v) is 3.75. The Hall–Kier alpha value is -1.11. The lowest BCUT2D eigenvalue weighted by molar-refractivity contribution is -0.137. The molecular weight excluding hydrogens is 289 g/mol. The monoisotopic (exact) mass is 304 g/mol. The molecule has 110 valence electrons. The molecule has 2 aliphatic rings. The molecule has 2 fully saturated rings. The first-order valence-corrected chi connectivity index (χ1v) is 7.42. The number of carbonyl (C=O) groups is 1. The zero-order valence-electron chi connectivity index (χ0n) is 11.2. The molecule has 3 nitrogen and oxygen atoms in total. The quantitative estimate of drug-likeness (QED) is 0.839. The minimum atomic E-state index is -4.48. The Morgan fingerprint density at radius 3 is 2.55 bits per heavy atom. The van der Waals surface area contributed by atoms with Crippen LogP contribution in [0.4, 0.5) is 13.2 Å². The Balaban J connectivity index is 1.78. The summed E-state index contributed by atoms with van der Waals surface area (Å²) in [5.74, 6) is 0.136. The van der Waals surface area contributed by atoms with Crippen LogP contribution in [0.25, 0.3) is 0 Å². The summed E-state index contributed by atoms with van der Waals surface area (Å²) in [7, 11) is 0. The standard InChI is InChI=1S/C13H15F3N2OS/c1-12(2)6-18(9(12)7-3-4-7)10(19)8-5-20-11(17-8)13(14,15)16/h5,7,9H,3-4,6H2,1-2H3. The lowest BCUT2D eigenvalue weighted by atomic mass is 9.72. The molecule has 7 heteroatoms. The second kappa shape index (κ2) is 4.19. The number of amides is 1. The maximum absolute atomic E-state index is 12.5. The van der Waals surface area contributed by atoms with E-state index in [9.17, 15) is 18.0 Å². The van der Waals surface area contributed by atoms with Crippen LogP contribution in [0.2, 0.25) is 0 Å². The van der Waals surface area contributed by atoms with E-state index in [0.717, 1.165) is 12.8 Å². The number of halogens is 3. The molecule has 1 saturated heterocycles. The second-order valence-corrected chi connectivity index (χ2v) is 7.10. The van der Waals surface area contributed by atoms with Gasteiger partial charge in [0.25, 0.3) is 5.91 Å². The molecule has 20 heavy (non-hydrogen) atoms. The second-order valence-electron chi connectivity index (χ2n) is 6.24. The summed E-state index contributed by atoms with van der Waals surface area (Å²) in [6.07, 6.45) is -2.28. The third-order valence-electron chi connectivity index (χ3n) is 4.01. The van der Waals surface area contributed by atoms with Gasteiger partial charge in [-0.2, -0.15) is 13.2 Å². The summed E-state index contributed by atoms with van der Waals surface area (Å²) >= 11 is 0.478. The zero-order chi connectivity index (χ0) is 14.7. The SMILES string of the molecule is CC1(C)CN(C(=O)c2csc(C(F)(F)F)n2)C1C1CC1. The summed E-state index contributed by atoms with van der Waals surface area (Å²) in [5.41, 5.74) is -0.0249. The number of carbonyl (C=O) groups excluding carboxylic acids is 1. The fraction of sp³-hybridized carbons (Fsp3) is 0.692. The van der Waals surface area contributed by atoms with Crippen molar-refractivity contribution in [3.63, 3.8) is 0 Å². The van der Waals surface area contributed by atoms with Crippen molar-refractivity contribution < 1.29 is 18.0 Å². The molecule has 1 amide bonds. The summed E-state index contributed by atoms with van der Waals surface area (Å²) in [4.78, 5) is 17.4. The van der Waals surface area contributed by atoms with Gasteiger partial charge in [0.15, 0.2) is 5.01 Å². The van der Waals surface area contributed by atoms with E-state index in [0.29, 0.717) is 23.8 Å². The Labute approximate surface area is 118 Å². The number of nitrogens with zero attached hydrogens (tertiary/aromatic N) is 2. The first-order chi connectivity index (χ1) is 9.20. The largest absolute Gasteiger partial charge is 0.443 e. The molecule has 1 aromatic rings. The van der Waals surface area contributed by atoms with Crippen molar-refractivity contribution in [1.82, 2.24) is 9.88 Å². The number of thiazole rings is 1. The number of aromatic nitrogens is 1. The third kappa shape index (κ3) is 2.21. The van der Waals surface area contributed by atoms with Crippen molar-refractivity contribution in [1.29, 1.82) is 0 Å². The average Bonchev–Trinajstić information content (AvgIpc) is 2.97. The van der Waals surface area contributed by atoms with Gasteiger partial charge in [-0.3, -0.25) is 4.79 Å². The first kappa shape index (κ1) is 13.9. The first-order valence-electron chi connectivity index (χ1n) is 6.54. The van der Waals surface area contributed by atoms with E-state index in [1.807, 2.05) is 0 Å². The maximum atomic E-state index is 12.5. The Morgan fingerprint density at radius 1 is 1.45 bits per heavy atom. The van der Waals surface area contributed by atoms with Crippen molar-refractivity contribution in [3.05, 3.63) is 16.1 Å². The van der Waals surface area contributed by atoms with Crippen LogP contribution in [0, 0.1) is 11.3 Å². The van der Waals surface area contributed by atoms with Gasteiger partial charge in [-0.25, -0.2) is 4.98 Å². The van der Waals surface area contributed by atoms with Crippen LogP contribution in [0.1, 0.15) is 42.2 Å². The highest BCUT2D eigenvalue weighted by molar-refractivity contribution is 7.09. The smallest absolute Gasteiger partial charge is 0.333 e. The molecule has 0 bridgehead atoms. The van der Waals surface area contributed by atoms with E-state index in [2.05, 4.69) is 18.8 Å². The van der Waals surface area contributed by atoms with Gasteiger partial charge in [0, 0.05) is 23.4 Å². The molecule has 2 heterocycles. The minimum Gasteiger partial charge on any atom is -0.333 e. The summed E-state index contributed by atoms with van der Waals surface area (Å²) < 4.78 is 37.6. The van der Waals surface area contributed by atoms with Crippen LogP contribution in [0.15, 0.2) is 5.38 Å². The lowest BCUT2D eigenvalue weighted by Gasteiger charge is -2.54. The van der Waals surface area contributed by atoms with Crippen LogP contribution in [-0.2, 0) is 6.18 Å². The van der Waals surface area contributed by atoms with Crippen LogP contribution in [-0.4, -0.2) is 28.4 Å². The molecule has 1 aromatic heterocycles. The minimum absolute atomic E-state index is 0.0553. The van der Waals surface area contributed by atoms with Crippen LogP contribution in [0.5, 0.6) is 0 Å². The van der Waals surface area contributed by atoms with Gasteiger partial charge in [-0.15, -0.1) is 11.3 Å². The molecule has 0 aromatic carbocycles. The highest BCUT2D eigenvalue weighted by Crippen LogP contribution is 2.50. The third-order valence-corrected chi connectivity index (χ3v) is 4.90. The van der Waals surface area contributed by atoms with Crippen molar-refractivity contribution in [2.45, 2.75) is 38.9 Å². The van der Waals surface area contributed by atoms with Gasteiger partial charge < -0.3 is 4.90 Å². The number of hydrogen-bond donors (Lipinski definition) is 0. The van der Waals surface area contributed by atoms with Crippen LogP contribution < -0.4 is 0 Å². The molecule has 1 unspecified atom stereocenters. The molecule has 0 radical (unpaired) electrons. The molecule has 1 aliphatic carbocycles. The van der Waals surface area contributed by atoms with Gasteiger partial charge in [-0.05, 0) is 18.8 Å². The van der Waals surface area contributed by atoms with Crippen molar-refractivity contribution >= 4 is 17.2 Å². The number of rotatable bonds is 2. The molecule has 1 aliphatic heterocycles. The topological polar surface area (TPSA) is 33.2 Å². The Morgan fingerprint density at radius 2 is 2.10 bits per heavy atom. The van der Waals surface area contributed by atoms with Crippen molar-refractivity contribution in [2.75, 3.05) is 6.54 Å². The highest BCUT2D eigenvalue weighted by atomic mass is 32.1. The molecule has 0 spiro atoms. The van der Waals surface area contributed by atoms with E-state index in [1.54, 1.807) is 4.90 Å². The summed E-state index contributed by atoms with van der Waals surface area (Å²) in [5, 5.41) is 0.254. The molecule has 1 atom stereocenters. The van der Waals surface area contributed by atoms with Crippen LogP contribution >= 0.6 is 11.3 Å². The van der Waals surface area contributed by atoms with Gasteiger partial charge in [-0.1, -0.05) is 13.8 Å². The normalized spacial score (nSPS) is 25.4.